The molecule has 0 aliphatic heterocycles. The molecule has 1 unspecified atom stereocenters. The van der Waals surface area contributed by atoms with Crippen molar-refractivity contribution in [2.45, 2.75) is 51.2 Å². The highest BCUT2D eigenvalue weighted by Crippen LogP contribution is 2.35. The molecule has 6 nitrogen and oxygen atoms in total. The second kappa shape index (κ2) is 12.2. The molecule has 1 aromatic heterocycles. The SMILES string of the molecule is CC/C=C(\C=C/C(C)c1noc(CN(CC(F)(F)F)c2ccc(C#N)c(C(F)(F)F)c2)n1)OC(F)(F)CF. The van der Waals surface area contributed by atoms with E-state index in [4.69, 9.17) is 9.78 Å². The largest absolute Gasteiger partial charge is 0.431 e. The maximum atomic E-state index is 13.3. The van der Waals surface area contributed by atoms with Crippen molar-refractivity contribution in [3.8, 4) is 6.07 Å². The monoisotopic (exact) mass is 556 g/mol. The van der Waals surface area contributed by atoms with Crippen LogP contribution >= 0.6 is 0 Å². The summed E-state index contributed by atoms with van der Waals surface area (Å²) in [5, 5.41) is 12.5. The van der Waals surface area contributed by atoms with E-state index in [1.165, 1.54) is 25.1 Å². The maximum absolute atomic E-state index is 13.3. The minimum absolute atomic E-state index is 0.0767. The number of hydrogen-bond acceptors (Lipinski definition) is 6. The van der Waals surface area contributed by atoms with Crippen LogP contribution < -0.4 is 4.90 Å². The number of aromatic nitrogens is 2. The number of allylic oxidation sites excluding steroid dienone is 3. The normalized spacial score (nSPS) is 14.0. The van der Waals surface area contributed by atoms with Crippen molar-refractivity contribution in [2.75, 3.05) is 18.1 Å². The lowest BCUT2D eigenvalue weighted by atomic mass is 10.1. The Kier molecular flexibility index (Phi) is 9.82. The quantitative estimate of drug-likeness (QED) is 0.168. The Morgan fingerprint density at radius 1 is 1.18 bits per heavy atom. The molecule has 0 fully saturated rings. The van der Waals surface area contributed by atoms with Crippen LogP contribution in [0.15, 0.2) is 46.7 Å². The van der Waals surface area contributed by atoms with E-state index in [0.717, 1.165) is 18.2 Å². The third kappa shape index (κ3) is 9.00. The van der Waals surface area contributed by atoms with E-state index in [9.17, 15) is 39.5 Å². The van der Waals surface area contributed by atoms with E-state index < -0.39 is 61.0 Å². The zero-order chi connectivity index (χ0) is 28.7. The van der Waals surface area contributed by atoms with Crippen molar-refractivity contribution in [1.29, 1.82) is 5.26 Å². The van der Waals surface area contributed by atoms with Crippen LogP contribution in [0.1, 0.15) is 49.0 Å². The molecule has 15 heteroatoms. The fourth-order valence-electron chi connectivity index (χ4n) is 3.07. The van der Waals surface area contributed by atoms with Crippen LogP contribution in [0.5, 0.6) is 0 Å². The topological polar surface area (TPSA) is 75.2 Å². The Balaban J connectivity index is 2.30. The Morgan fingerprint density at radius 3 is 2.42 bits per heavy atom. The highest BCUT2D eigenvalue weighted by atomic mass is 19.4. The summed E-state index contributed by atoms with van der Waals surface area (Å²) in [6.45, 7) is -1.35. The minimum atomic E-state index is -4.99. The average molecular weight is 556 g/mol. The molecule has 0 bridgehead atoms. The first kappa shape index (κ1) is 30.5. The smallest absolute Gasteiger partial charge is 0.427 e. The van der Waals surface area contributed by atoms with Crippen molar-refractivity contribution in [2.24, 2.45) is 0 Å². The van der Waals surface area contributed by atoms with Crippen molar-refractivity contribution >= 4 is 5.69 Å². The molecule has 0 radical (unpaired) electrons. The molecule has 0 amide bonds. The summed E-state index contributed by atoms with van der Waals surface area (Å²) >= 11 is 0. The molecule has 38 heavy (non-hydrogen) atoms. The predicted octanol–water partition coefficient (Wildman–Crippen LogP) is 7.06. The highest BCUT2D eigenvalue weighted by Gasteiger charge is 2.36. The van der Waals surface area contributed by atoms with Gasteiger partial charge in [-0.15, -0.1) is 0 Å². The molecule has 0 saturated carbocycles. The van der Waals surface area contributed by atoms with Gasteiger partial charge in [0, 0.05) is 11.6 Å². The fraction of sp³-hybridized carbons (Fsp3) is 0.435. The molecular formula is C23H21F9N4O2. The van der Waals surface area contributed by atoms with E-state index in [0.29, 0.717) is 11.0 Å². The second-order valence-electron chi connectivity index (χ2n) is 7.89. The molecule has 1 heterocycles. The van der Waals surface area contributed by atoms with Crippen LogP contribution in [-0.4, -0.2) is 35.6 Å². The molecule has 1 aromatic carbocycles. The number of benzene rings is 1. The number of ether oxygens (including phenoxy) is 1. The summed E-state index contributed by atoms with van der Waals surface area (Å²) in [6.07, 6.45) is -9.91. The molecule has 0 saturated heterocycles. The third-order valence-corrected chi connectivity index (χ3v) is 4.76. The maximum Gasteiger partial charge on any atom is 0.427 e. The number of anilines is 1. The number of rotatable bonds is 11. The average Bonchev–Trinajstić information content (AvgIpc) is 3.28. The summed E-state index contributed by atoms with van der Waals surface area (Å²) in [5.74, 6) is -1.54. The first-order valence-electron chi connectivity index (χ1n) is 10.8. The van der Waals surface area contributed by atoms with Gasteiger partial charge in [-0.1, -0.05) is 25.1 Å². The highest BCUT2D eigenvalue weighted by molar-refractivity contribution is 5.55. The van der Waals surface area contributed by atoms with Crippen molar-refractivity contribution in [1.82, 2.24) is 10.1 Å². The number of nitriles is 1. The summed E-state index contributed by atoms with van der Waals surface area (Å²) in [7, 11) is 0. The van der Waals surface area contributed by atoms with Gasteiger partial charge in [0.05, 0.1) is 23.7 Å². The molecule has 0 aliphatic rings. The van der Waals surface area contributed by atoms with Gasteiger partial charge in [-0.2, -0.15) is 45.4 Å². The lowest BCUT2D eigenvalue weighted by Gasteiger charge is -2.25. The van der Waals surface area contributed by atoms with Gasteiger partial charge in [0.15, 0.2) is 12.5 Å². The first-order chi connectivity index (χ1) is 17.6. The van der Waals surface area contributed by atoms with Crippen molar-refractivity contribution < 1.29 is 48.8 Å². The van der Waals surface area contributed by atoms with Crippen LogP contribution in [0.2, 0.25) is 0 Å². The van der Waals surface area contributed by atoms with E-state index in [1.807, 2.05) is 0 Å². The third-order valence-electron chi connectivity index (χ3n) is 4.76. The zero-order valence-corrected chi connectivity index (χ0v) is 19.9. The Labute approximate surface area is 211 Å². The number of hydrogen-bond donors (Lipinski definition) is 0. The molecule has 0 N–H and O–H groups in total. The number of halogens is 9. The van der Waals surface area contributed by atoms with Gasteiger partial charge in [0.25, 0.3) is 0 Å². The minimum Gasteiger partial charge on any atom is -0.431 e. The van der Waals surface area contributed by atoms with Crippen LogP contribution in [0, 0.1) is 11.3 Å². The van der Waals surface area contributed by atoms with E-state index in [2.05, 4.69) is 14.9 Å². The van der Waals surface area contributed by atoms with E-state index >= 15 is 0 Å². The van der Waals surface area contributed by atoms with Crippen molar-refractivity contribution in [3.63, 3.8) is 0 Å². The van der Waals surface area contributed by atoms with Gasteiger partial charge < -0.3 is 14.2 Å². The molecule has 1 atom stereocenters. The van der Waals surface area contributed by atoms with Crippen LogP contribution in [0.25, 0.3) is 0 Å². The van der Waals surface area contributed by atoms with Gasteiger partial charge in [-0.3, -0.25) is 0 Å². The van der Waals surface area contributed by atoms with Gasteiger partial charge in [0.1, 0.15) is 12.3 Å². The second-order valence-corrected chi connectivity index (χ2v) is 7.89. The summed E-state index contributed by atoms with van der Waals surface area (Å²) in [6, 6.07) is 3.44. The molecule has 0 spiro atoms. The molecule has 0 aliphatic carbocycles. The number of alkyl halides is 9. The van der Waals surface area contributed by atoms with Gasteiger partial charge in [-0.25, -0.2) is 4.39 Å². The Hall–Kier alpha value is -3.70. The van der Waals surface area contributed by atoms with Gasteiger partial charge >= 0.3 is 18.5 Å². The van der Waals surface area contributed by atoms with Crippen LogP contribution in [0.3, 0.4) is 0 Å². The van der Waals surface area contributed by atoms with Crippen molar-refractivity contribution in [3.05, 3.63) is 65.0 Å². The Bertz CT molecular complexity index is 1180. The van der Waals surface area contributed by atoms with E-state index in [1.54, 1.807) is 6.92 Å². The molecule has 2 rings (SSSR count). The first-order valence-corrected chi connectivity index (χ1v) is 10.8. The summed E-state index contributed by atoms with van der Waals surface area (Å²) < 4.78 is 128. The van der Waals surface area contributed by atoms with Gasteiger partial charge in [-0.05, 0) is 36.8 Å². The van der Waals surface area contributed by atoms with Gasteiger partial charge in [0.2, 0.25) is 5.89 Å². The Morgan fingerprint density at radius 2 is 1.87 bits per heavy atom. The summed E-state index contributed by atoms with van der Waals surface area (Å²) in [5.41, 5.74) is -2.67. The van der Waals surface area contributed by atoms with Crippen LogP contribution in [-0.2, 0) is 17.5 Å². The fourth-order valence-corrected chi connectivity index (χ4v) is 3.07. The standard InChI is InChI=1S/C23H21F9N4O2/c1-3-4-17(37-22(28,29)12-24)8-5-14(2)20-34-19(38-35-20)11-36(13-21(25,26)27)16-7-6-15(10-33)18(9-16)23(30,31)32/h4-9,14H,3,11-13H2,1-2H3/b8-5-,17-4+. The lowest BCUT2D eigenvalue weighted by Crippen LogP contribution is -2.34. The van der Waals surface area contributed by atoms with E-state index in [-0.39, 0.29) is 23.9 Å². The zero-order valence-electron chi connectivity index (χ0n) is 19.9. The molecular weight excluding hydrogens is 535 g/mol. The van der Waals surface area contributed by atoms with Crippen LogP contribution in [0.4, 0.5) is 45.2 Å². The molecule has 2 aromatic rings. The summed E-state index contributed by atoms with van der Waals surface area (Å²) in [4.78, 5) is 4.46. The lowest BCUT2D eigenvalue weighted by molar-refractivity contribution is -0.219. The number of nitrogens with zero attached hydrogens (tertiary/aromatic N) is 4. The molecule has 208 valence electrons. The predicted molar refractivity (Wildman–Crippen MR) is 115 cm³/mol.